The summed E-state index contributed by atoms with van der Waals surface area (Å²) < 4.78 is 2.48. The van der Waals surface area contributed by atoms with Gasteiger partial charge in [-0.15, -0.1) is 0 Å². The van der Waals surface area contributed by atoms with Crippen molar-refractivity contribution in [2.45, 2.75) is 46.0 Å². The van der Waals surface area contributed by atoms with E-state index in [0.29, 0.717) is 0 Å². The minimum Gasteiger partial charge on any atom is -0.309 e. The Morgan fingerprint density at radius 2 is 1.37 bits per heavy atom. The highest BCUT2D eigenvalue weighted by Gasteiger charge is 2.37. The van der Waals surface area contributed by atoms with Crippen molar-refractivity contribution < 1.29 is 0 Å². The lowest BCUT2D eigenvalue weighted by Crippen LogP contribution is -2.14. The van der Waals surface area contributed by atoms with Crippen molar-refractivity contribution in [1.29, 1.82) is 5.26 Å². The smallest absolute Gasteiger partial charge is 0.0947 e. The van der Waals surface area contributed by atoms with Gasteiger partial charge in [0.2, 0.25) is 0 Å². The summed E-state index contributed by atoms with van der Waals surface area (Å²) in [6.07, 6.45) is 5.95. The van der Waals surface area contributed by atoms with Crippen molar-refractivity contribution in [3.05, 3.63) is 174 Å². The Morgan fingerprint density at radius 1 is 0.648 bits per heavy atom. The van der Waals surface area contributed by atoms with Crippen molar-refractivity contribution in [2.75, 3.05) is 0 Å². The molecule has 0 unspecified atom stereocenters. The number of nitrogens with zero attached hydrogens (tertiary/aromatic N) is 3. The van der Waals surface area contributed by atoms with Gasteiger partial charge in [-0.1, -0.05) is 137 Å². The predicted octanol–water partition coefficient (Wildman–Crippen LogP) is 13.6. The second-order valence-corrected chi connectivity index (χ2v) is 14.6. The molecule has 0 radical (unpaired) electrons. The average molecular weight is 696 g/mol. The zero-order valence-corrected chi connectivity index (χ0v) is 31.2. The molecule has 0 aliphatic heterocycles. The zero-order valence-electron chi connectivity index (χ0n) is 31.2. The van der Waals surface area contributed by atoms with Gasteiger partial charge in [-0.2, -0.15) is 5.26 Å². The van der Waals surface area contributed by atoms with Crippen LogP contribution < -0.4 is 0 Å². The van der Waals surface area contributed by atoms with E-state index in [9.17, 15) is 5.26 Å². The van der Waals surface area contributed by atoms with E-state index in [4.69, 9.17) is 4.98 Å². The Morgan fingerprint density at radius 3 is 2.20 bits per heavy atom. The molecular formula is C51H41N3. The van der Waals surface area contributed by atoms with Crippen molar-refractivity contribution >= 4 is 38.3 Å². The van der Waals surface area contributed by atoms with Gasteiger partial charge in [0.25, 0.3) is 0 Å². The fourth-order valence-corrected chi connectivity index (χ4v) is 8.74. The fourth-order valence-electron chi connectivity index (χ4n) is 8.74. The maximum absolute atomic E-state index is 9.92. The second kappa shape index (κ2) is 13.2. The summed E-state index contributed by atoms with van der Waals surface area (Å²) in [5.41, 5.74) is 16.9. The van der Waals surface area contributed by atoms with Gasteiger partial charge in [-0.05, 0) is 94.3 Å². The fraction of sp³-hybridized carbons (Fsp3) is 0.137. The van der Waals surface area contributed by atoms with Gasteiger partial charge in [-0.25, -0.2) is 4.98 Å². The van der Waals surface area contributed by atoms with E-state index in [2.05, 4.69) is 176 Å². The lowest BCUT2D eigenvalue weighted by molar-refractivity contribution is 0.661. The molecule has 10 rings (SSSR count). The van der Waals surface area contributed by atoms with Crippen LogP contribution in [0.2, 0.25) is 0 Å². The van der Waals surface area contributed by atoms with Gasteiger partial charge in [0.05, 0.1) is 28.3 Å². The highest BCUT2D eigenvalue weighted by Crippen LogP contribution is 2.53. The molecule has 0 atom stereocenters. The van der Waals surface area contributed by atoms with E-state index in [1.165, 1.54) is 44.1 Å². The Balaban J connectivity index is 0.00000189. The molecule has 260 valence electrons. The van der Waals surface area contributed by atoms with Gasteiger partial charge >= 0.3 is 0 Å². The normalized spacial score (nSPS) is 14.1. The Bertz CT molecular complexity index is 2880. The van der Waals surface area contributed by atoms with Crippen LogP contribution >= 0.6 is 0 Å². The van der Waals surface area contributed by atoms with Gasteiger partial charge in [0.15, 0.2) is 0 Å². The quantitative estimate of drug-likeness (QED) is 0.184. The topological polar surface area (TPSA) is 41.6 Å². The molecule has 3 heteroatoms. The maximum atomic E-state index is 9.92. The van der Waals surface area contributed by atoms with Crippen LogP contribution in [0.25, 0.3) is 77.5 Å². The third-order valence-corrected chi connectivity index (χ3v) is 11.2. The van der Waals surface area contributed by atoms with Crippen LogP contribution in [0, 0.1) is 11.3 Å². The summed E-state index contributed by atoms with van der Waals surface area (Å²) in [5, 5.41) is 13.5. The molecule has 2 aliphatic rings. The number of rotatable bonds is 4. The SMILES string of the molecule is CC.CC1(C)c2ccccc2-c2c1ccc1c3ccccc3n(-c3cc(C4=CCCC(C#N)=C4)cc(-c4cc(-c5ccccc5)c5ccccc5n4)c3)c21. The van der Waals surface area contributed by atoms with Gasteiger partial charge < -0.3 is 4.57 Å². The molecule has 3 nitrogen and oxygen atoms in total. The zero-order chi connectivity index (χ0) is 37.0. The van der Waals surface area contributed by atoms with E-state index in [-0.39, 0.29) is 5.41 Å². The number of fused-ring (bicyclic) bond motifs is 8. The Hall–Kier alpha value is -6.50. The first-order chi connectivity index (χ1) is 26.5. The number of nitriles is 1. The standard InChI is InChI=1S/C49H35N3.C2H6/c1-49(2)42-20-9-6-19-40(42)47-43(49)24-23-39-38-18-8-11-22-46(38)52(48(39)47)36-27-34(33-16-12-13-31(25-33)30-50)26-35(28-36)45-29-41(32-14-4-3-5-15-32)37-17-7-10-21-44(37)51-45;1-2/h3-11,14-29H,12-13H2,1-2H3;1-2H3. The van der Waals surface area contributed by atoms with Crippen LogP contribution in [-0.2, 0) is 5.41 Å². The second-order valence-electron chi connectivity index (χ2n) is 14.6. The summed E-state index contributed by atoms with van der Waals surface area (Å²) >= 11 is 0. The third-order valence-electron chi connectivity index (χ3n) is 11.2. The van der Waals surface area contributed by atoms with Crippen LogP contribution in [0.1, 0.15) is 57.2 Å². The number of pyridine rings is 1. The maximum Gasteiger partial charge on any atom is 0.0947 e. The molecule has 0 spiro atoms. The predicted molar refractivity (Wildman–Crippen MR) is 227 cm³/mol. The molecular weight excluding hydrogens is 655 g/mol. The largest absolute Gasteiger partial charge is 0.309 e. The summed E-state index contributed by atoms with van der Waals surface area (Å²) in [4.78, 5) is 5.31. The molecule has 2 heterocycles. The third kappa shape index (κ3) is 5.21. The molecule has 0 bridgehead atoms. The number of hydrogen-bond acceptors (Lipinski definition) is 2. The highest BCUT2D eigenvalue weighted by molar-refractivity contribution is 6.15. The molecule has 0 fully saturated rings. The Kier molecular flexibility index (Phi) is 8.13. The average Bonchev–Trinajstić information content (AvgIpc) is 3.70. The first kappa shape index (κ1) is 33.3. The van der Waals surface area contributed by atoms with Crippen LogP contribution in [0.5, 0.6) is 0 Å². The van der Waals surface area contributed by atoms with Crippen molar-refractivity contribution in [1.82, 2.24) is 9.55 Å². The lowest BCUT2D eigenvalue weighted by atomic mass is 9.82. The summed E-state index contributed by atoms with van der Waals surface area (Å²) in [6.45, 7) is 8.69. The van der Waals surface area contributed by atoms with E-state index in [0.717, 1.165) is 68.5 Å². The number of hydrogen-bond donors (Lipinski definition) is 0. The van der Waals surface area contributed by atoms with Crippen LogP contribution in [0.15, 0.2) is 157 Å². The van der Waals surface area contributed by atoms with E-state index < -0.39 is 0 Å². The molecule has 2 aliphatic carbocycles. The first-order valence-electron chi connectivity index (χ1n) is 19.1. The molecule has 0 saturated carbocycles. The molecule has 0 amide bonds. The summed E-state index contributed by atoms with van der Waals surface area (Å²) in [7, 11) is 0. The lowest BCUT2D eigenvalue weighted by Gasteiger charge is -2.21. The molecule has 6 aromatic carbocycles. The van der Waals surface area contributed by atoms with E-state index in [1.807, 2.05) is 13.8 Å². The minimum absolute atomic E-state index is 0.122. The van der Waals surface area contributed by atoms with Crippen LogP contribution in [-0.4, -0.2) is 9.55 Å². The number of para-hydroxylation sites is 2. The summed E-state index contributed by atoms with van der Waals surface area (Å²) in [5.74, 6) is 0. The number of benzene rings is 6. The van der Waals surface area contributed by atoms with Gasteiger partial charge in [0.1, 0.15) is 0 Å². The molecule has 54 heavy (non-hydrogen) atoms. The molecule has 0 N–H and O–H groups in total. The van der Waals surface area contributed by atoms with Crippen molar-refractivity contribution in [3.8, 4) is 45.3 Å². The molecule has 0 saturated heterocycles. The monoisotopic (exact) mass is 695 g/mol. The minimum atomic E-state index is -0.122. The number of allylic oxidation sites excluding steroid dienone is 4. The Labute approximate surface area is 317 Å². The van der Waals surface area contributed by atoms with E-state index >= 15 is 0 Å². The van der Waals surface area contributed by atoms with Gasteiger partial charge in [-0.3, -0.25) is 0 Å². The first-order valence-corrected chi connectivity index (χ1v) is 19.1. The van der Waals surface area contributed by atoms with Crippen molar-refractivity contribution in [2.24, 2.45) is 0 Å². The highest BCUT2D eigenvalue weighted by atomic mass is 15.0. The van der Waals surface area contributed by atoms with E-state index in [1.54, 1.807) is 0 Å². The van der Waals surface area contributed by atoms with Gasteiger partial charge in [0, 0.05) is 44.0 Å². The van der Waals surface area contributed by atoms with Crippen LogP contribution in [0.4, 0.5) is 0 Å². The molecule has 8 aromatic rings. The molecule has 2 aromatic heterocycles. The summed E-state index contributed by atoms with van der Waals surface area (Å²) in [6, 6.07) is 52.9. The van der Waals surface area contributed by atoms with Crippen molar-refractivity contribution in [3.63, 3.8) is 0 Å². The number of aromatic nitrogens is 2. The van der Waals surface area contributed by atoms with Crippen LogP contribution in [0.3, 0.4) is 0 Å².